The number of methoxy groups -OCH3 is 1. The number of carbonyl (C=O) groups is 2. The van der Waals surface area contributed by atoms with E-state index < -0.39 is 11.3 Å². The molecule has 0 aliphatic carbocycles. The second kappa shape index (κ2) is 6.86. The van der Waals surface area contributed by atoms with Gasteiger partial charge in [-0.15, -0.1) is 0 Å². The summed E-state index contributed by atoms with van der Waals surface area (Å²) in [5.74, 6) is -0.409. The zero-order chi connectivity index (χ0) is 15.4. The first-order valence-corrected chi connectivity index (χ1v) is 7.63. The number of hydrogen-bond acceptors (Lipinski definition) is 6. The molecule has 1 aliphatic rings. The zero-order valence-electron chi connectivity index (χ0n) is 11.2. The van der Waals surface area contributed by atoms with Crippen LogP contribution in [0.1, 0.15) is 12.0 Å². The van der Waals surface area contributed by atoms with Crippen molar-refractivity contribution in [3.63, 3.8) is 0 Å². The summed E-state index contributed by atoms with van der Waals surface area (Å²) in [6.45, 7) is 0. The summed E-state index contributed by atoms with van der Waals surface area (Å²) in [5, 5.41) is 13.8. The maximum Gasteiger partial charge on any atom is 0.339 e. The Morgan fingerprint density at radius 1 is 1.43 bits per heavy atom. The number of hydrazone groups is 1. The van der Waals surface area contributed by atoms with E-state index in [0.717, 1.165) is 22.3 Å². The van der Waals surface area contributed by atoms with Crippen molar-refractivity contribution in [2.75, 3.05) is 12.9 Å². The Morgan fingerprint density at radius 2 is 2.10 bits per heavy atom. The second-order valence-corrected chi connectivity index (χ2v) is 5.67. The van der Waals surface area contributed by atoms with Gasteiger partial charge in [-0.05, 0) is 30.0 Å². The van der Waals surface area contributed by atoms with Gasteiger partial charge in [0.2, 0.25) is 11.3 Å². The van der Waals surface area contributed by atoms with Gasteiger partial charge in [-0.3, -0.25) is 4.79 Å². The van der Waals surface area contributed by atoms with Gasteiger partial charge in [0.25, 0.3) is 0 Å². The minimum Gasteiger partial charge on any atom is -0.497 e. The van der Waals surface area contributed by atoms with Crippen molar-refractivity contribution >= 4 is 41.3 Å². The van der Waals surface area contributed by atoms with Crippen LogP contribution in [-0.4, -0.2) is 45.3 Å². The summed E-state index contributed by atoms with van der Waals surface area (Å²) >= 11 is 5.02. The summed E-state index contributed by atoms with van der Waals surface area (Å²) in [5.41, 5.74) is 0.744. The molecule has 1 heterocycles. The van der Waals surface area contributed by atoms with Crippen molar-refractivity contribution in [1.82, 2.24) is 5.01 Å². The van der Waals surface area contributed by atoms with Crippen molar-refractivity contribution in [2.24, 2.45) is 5.10 Å². The number of hydrogen-bond donors (Lipinski definition) is 2. The number of nitrogens with zero attached hydrogens (tertiary/aromatic N) is 2. The van der Waals surface area contributed by atoms with E-state index in [1.165, 1.54) is 0 Å². The molecule has 1 N–H and O–H groups in total. The average molecular weight is 326 g/mol. The molecule has 1 aromatic rings. The van der Waals surface area contributed by atoms with E-state index in [0.29, 0.717) is 16.5 Å². The molecule has 6 nitrogen and oxygen atoms in total. The molecule has 0 saturated carbocycles. The molecule has 0 aromatic heterocycles. The summed E-state index contributed by atoms with van der Waals surface area (Å²) in [6.07, 6.45) is 0.146. The van der Waals surface area contributed by atoms with Gasteiger partial charge in [-0.2, -0.15) is 17.7 Å². The fraction of sp³-hybridized carbons (Fsp3) is 0.308. The molecule has 0 fully saturated rings. The molecule has 0 bridgehead atoms. The lowest BCUT2D eigenvalue weighted by atomic mass is 10.2. The largest absolute Gasteiger partial charge is 0.497 e. The summed E-state index contributed by atoms with van der Waals surface area (Å²) in [4.78, 5) is 23.2. The van der Waals surface area contributed by atoms with Crippen molar-refractivity contribution in [1.29, 1.82) is 0 Å². The van der Waals surface area contributed by atoms with E-state index in [4.69, 9.17) is 4.74 Å². The highest BCUT2D eigenvalue weighted by Crippen LogP contribution is 2.31. The third-order valence-corrected chi connectivity index (χ3v) is 4.16. The van der Waals surface area contributed by atoms with Crippen LogP contribution in [0, 0.1) is 0 Å². The van der Waals surface area contributed by atoms with E-state index >= 15 is 0 Å². The fourth-order valence-electron chi connectivity index (χ4n) is 1.74. The minimum atomic E-state index is -1.10. The lowest BCUT2D eigenvalue weighted by Gasteiger charge is -2.16. The average Bonchev–Trinajstić information content (AvgIpc) is 2.93. The molecule has 112 valence electrons. The summed E-state index contributed by atoms with van der Waals surface area (Å²) in [7, 11) is 1.56. The van der Waals surface area contributed by atoms with E-state index in [1.54, 1.807) is 31.4 Å². The number of aliphatic carboxylic acids is 1. The van der Waals surface area contributed by atoms with Gasteiger partial charge in [0.1, 0.15) is 10.8 Å². The minimum absolute atomic E-state index is 0.146. The Hall–Kier alpha value is -1.67. The van der Waals surface area contributed by atoms with Crippen molar-refractivity contribution < 1.29 is 19.4 Å². The SMILES string of the molecule is COc1ccc(C2=NN(C(=O)CCS)C(C(=O)O)S2)cc1. The molecule has 2 rings (SSSR count). The molecule has 1 atom stereocenters. The number of carboxylic acid groups (broad SMARTS) is 1. The second-order valence-electron chi connectivity index (χ2n) is 4.15. The van der Waals surface area contributed by atoms with Crippen LogP contribution in [0.5, 0.6) is 5.75 Å². The van der Waals surface area contributed by atoms with Gasteiger partial charge >= 0.3 is 5.97 Å². The summed E-state index contributed by atoms with van der Waals surface area (Å²) in [6, 6.07) is 7.06. The fourth-order valence-corrected chi connectivity index (χ4v) is 2.92. The van der Waals surface area contributed by atoms with Crippen LogP contribution in [0.15, 0.2) is 29.4 Å². The van der Waals surface area contributed by atoms with Crippen LogP contribution in [0.2, 0.25) is 0 Å². The number of rotatable bonds is 5. The first-order valence-electron chi connectivity index (χ1n) is 6.12. The van der Waals surface area contributed by atoms with Gasteiger partial charge in [0, 0.05) is 12.0 Å². The smallest absolute Gasteiger partial charge is 0.339 e. The van der Waals surface area contributed by atoms with Crippen LogP contribution in [0.4, 0.5) is 0 Å². The molecule has 8 heteroatoms. The Bertz CT molecular complexity index is 574. The highest BCUT2D eigenvalue weighted by atomic mass is 32.2. The lowest BCUT2D eigenvalue weighted by Crippen LogP contribution is -2.36. The van der Waals surface area contributed by atoms with Gasteiger partial charge in [0.15, 0.2) is 0 Å². The lowest BCUT2D eigenvalue weighted by molar-refractivity contribution is -0.145. The first-order chi connectivity index (χ1) is 10.1. The standard InChI is InChI=1S/C13H14N2O4S2/c1-19-9-4-2-8(3-5-9)11-14-15(10(16)6-7-20)12(21-11)13(17)18/h2-5,12,20H,6-7H2,1H3,(H,17,18). The van der Waals surface area contributed by atoms with Crippen LogP contribution in [0.3, 0.4) is 0 Å². The predicted molar refractivity (Wildman–Crippen MR) is 83.9 cm³/mol. The van der Waals surface area contributed by atoms with Gasteiger partial charge < -0.3 is 9.84 Å². The first kappa shape index (κ1) is 15.7. The Balaban J connectivity index is 2.25. The van der Waals surface area contributed by atoms with E-state index in [9.17, 15) is 14.7 Å². The number of ether oxygens (including phenoxy) is 1. The van der Waals surface area contributed by atoms with Gasteiger partial charge in [-0.1, -0.05) is 11.8 Å². The Kier molecular flexibility index (Phi) is 5.13. The normalized spacial score (nSPS) is 17.5. The van der Waals surface area contributed by atoms with Crippen LogP contribution in [0.25, 0.3) is 0 Å². The van der Waals surface area contributed by atoms with Gasteiger partial charge in [-0.25, -0.2) is 9.80 Å². The molecule has 1 amide bonds. The predicted octanol–water partition coefficient (Wildman–Crippen LogP) is 1.66. The van der Waals surface area contributed by atoms with Crippen LogP contribution < -0.4 is 4.74 Å². The highest BCUT2D eigenvalue weighted by molar-refractivity contribution is 8.15. The maximum absolute atomic E-state index is 11.9. The number of thiol groups is 1. The topological polar surface area (TPSA) is 79.2 Å². The number of benzene rings is 1. The number of carbonyl (C=O) groups excluding carboxylic acids is 1. The molecular weight excluding hydrogens is 312 g/mol. The van der Waals surface area contributed by atoms with Crippen molar-refractivity contribution in [3.8, 4) is 5.75 Å². The van der Waals surface area contributed by atoms with Crippen molar-refractivity contribution in [3.05, 3.63) is 29.8 Å². The van der Waals surface area contributed by atoms with Crippen molar-refractivity contribution in [2.45, 2.75) is 11.8 Å². The van der Waals surface area contributed by atoms with Gasteiger partial charge in [0.05, 0.1) is 7.11 Å². The quantitative estimate of drug-likeness (QED) is 0.805. The molecule has 0 saturated heterocycles. The van der Waals surface area contributed by atoms with E-state index in [2.05, 4.69) is 17.7 Å². The monoisotopic (exact) mass is 326 g/mol. The van der Waals surface area contributed by atoms with E-state index in [1.807, 2.05) is 0 Å². The van der Waals surface area contributed by atoms with E-state index in [-0.39, 0.29) is 12.3 Å². The molecule has 1 aromatic carbocycles. The molecule has 21 heavy (non-hydrogen) atoms. The molecular formula is C13H14N2O4S2. The molecule has 0 spiro atoms. The number of carboxylic acids is 1. The van der Waals surface area contributed by atoms with Crippen LogP contribution >= 0.6 is 24.4 Å². The zero-order valence-corrected chi connectivity index (χ0v) is 12.9. The maximum atomic E-state index is 11.9. The molecule has 1 unspecified atom stereocenters. The highest BCUT2D eigenvalue weighted by Gasteiger charge is 2.37. The Labute approximate surface area is 131 Å². The van der Waals surface area contributed by atoms with Crippen LogP contribution in [-0.2, 0) is 9.59 Å². The molecule has 0 radical (unpaired) electrons. The number of thioether (sulfide) groups is 1. The Morgan fingerprint density at radius 3 is 2.62 bits per heavy atom. The number of amides is 1. The molecule has 1 aliphatic heterocycles. The summed E-state index contributed by atoms with van der Waals surface area (Å²) < 4.78 is 5.07. The third kappa shape index (κ3) is 3.51. The third-order valence-electron chi connectivity index (χ3n) is 2.77.